The summed E-state index contributed by atoms with van der Waals surface area (Å²) in [5.74, 6) is 0.882. The van der Waals surface area contributed by atoms with E-state index in [1.54, 1.807) is 38.5 Å². The normalized spacial score (nSPS) is 10.7. The molecule has 1 heterocycles. The molecule has 1 amide bonds. The average molecular weight is 350 g/mol. The number of methoxy groups -OCH3 is 2. The smallest absolute Gasteiger partial charge is 0.289 e. The first-order chi connectivity index (χ1) is 12.7. The van der Waals surface area contributed by atoms with E-state index in [0.29, 0.717) is 28.5 Å². The van der Waals surface area contributed by atoms with Crippen molar-refractivity contribution in [3.63, 3.8) is 0 Å². The molecule has 26 heavy (non-hydrogen) atoms. The number of ether oxygens (including phenoxy) is 2. The van der Waals surface area contributed by atoms with Crippen LogP contribution in [0, 0.1) is 0 Å². The van der Waals surface area contributed by atoms with E-state index in [1.165, 1.54) is 6.21 Å². The maximum Gasteiger partial charge on any atom is 0.289 e. The van der Waals surface area contributed by atoms with E-state index in [4.69, 9.17) is 9.47 Å². The standard InChI is InChI=1S/C19H18N4O3/c1-25-15-9-8-14(18(10-15)26-2)12-20-23-19(24)17-11-16(21-22-17)13-6-4-3-5-7-13/h3-12H,1-2H3,(H,21,22)(H,23,24). The van der Waals surface area contributed by atoms with Crippen LogP contribution >= 0.6 is 0 Å². The highest BCUT2D eigenvalue weighted by Gasteiger charge is 2.10. The zero-order valence-corrected chi connectivity index (χ0v) is 14.4. The molecule has 0 spiro atoms. The summed E-state index contributed by atoms with van der Waals surface area (Å²) >= 11 is 0. The van der Waals surface area contributed by atoms with Gasteiger partial charge in [0.25, 0.3) is 5.91 Å². The van der Waals surface area contributed by atoms with Gasteiger partial charge in [-0.1, -0.05) is 30.3 Å². The van der Waals surface area contributed by atoms with Gasteiger partial charge in [-0.15, -0.1) is 0 Å². The van der Waals surface area contributed by atoms with E-state index >= 15 is 0 Å². The molecule has 1 aromatic heterocycles. The summed E-state index contributed by atoms with van der Waals surface area (Å²) < 4.78 is 10.4. The monoisotopic (exact) mass is 350 g/mol. The van der Waals surface area contributed by atoms with E-state index < -0.39 is 0 Å². The van der Waals surface area contributed by atoms with E-state index in [-0.39, 0.29) is 5.91 Å². The van der Waals surface area contributed by atoms with Crippen molar-refractivity contribution in [2.75, 3.05) is 14.2 Å². The summed E-state index contributed by atoms with van der Waals surface area (Å²) in [7, 11) is 3.14. The Bertz CT molecular complexity index is 920. The largest absolute Gasteiger partial charge is 0.497 e. The van der Waals surface area contributed by atoms with Crippen LogP contribution in [0.1, 0.15) is 16.1 Å². The summed E-state index contributed by atoms with van der Waals surface area (Å²) in [5.41, 5.74) is 5.11. The van der Waals surface area contributed by atoms with Gasteiger partial charge in [-0.3, -0.25) is 9.89 Å². The maximum atomic E-state index is 12.2. The molecule has 0 saturated carbocycles. The quantitative estimate of drug-likeness (QED) is 0.528. The molecular weight excluding hydrogens is 332 g/mol. The number of hydrogen-bond donors (Lipinski definition) is 2. The van der Waals surface area contributed by atoms with Crippen molar-refractivity contribution in [3.8, 4) is 22.8 Å². The summed E-state index contributed by atoms with van der Waals surface area (Å²) in [4.78, 5) is 12.2. The number of hydrazone groups is 1. The number of benzene rings is 2. The molecule has 0 aliphatic rings. The molecule has 2 N–H and O–H groups in total. The van der Waals surface area contributed by atoms with Crippen molar-refractivity contribution in [3.05, 3.63) is 65.9 Å². The number of H-pyrrole nitrogens is 1. The van der Waals surface area contributed by atoms with Gasteiger partial charge in [0.05, 0.1) is 26.1 Å². The lowest BCUT2D eigenvalue weighted by Crippen LogP contribution is -2.18. The molecule has 0 aliphatic carbocycles. The van der Waals surface area contributed by atoms with E-state index in [2.05, 4.69) is 20.7 Å². The zero-order valence-electron chi connectivity index (χ0n) is 14.4. The van der Waals surface area contributed by atoms with Crippen molar-refractivity contribution >= 4 is 12.1 Å². The number of aromatic nitrogens is 2. The molecule has 0 fully saturated rings. The molecule has 0 bridgehead atoms. The molecule has 7 nitrogen and oxygen atoms in total. The van der Waals surface area contributed by atoms with Gasteiger partial charge in [-0.25, -0.2) is 5.43 Å². The second kappa shape index (κ2) is 7.98. The van der Waals surface area contributed by atoms with Crippen LogP contribution in [0.15, 0.2) is 59.7 Å². The van der Waals surface area contributed by atoms with Gasteiger partial charge in [-0.2, -0.15) is 10.2 Å². The van der Waals surface area contributed by atoms with E-state index in [9.17, 15) is 4.79 Å². The van der Waals surface area contributed by atoms with Gasteiger partial charge in [0.2, 0.25) is 0 Å². The fourth-order valence-electron chi connectivity index (χ4n) is 2.34. The third kappa shape index (κ3) is 3.89. The minimum Gasteiger partial charge on any atom is -0.497 e. The van der Waals surface area contributed by atoms with Crippen LogP contribution in [-0.2, 0) is 0 Å². The van der Waals surface area contributed by atoms with Crippen LogP contribution < -0.4 is 14.9 Å². The number of carbonyl (C=O) groups excluding carboxylic acids is 1. The number of carbonyl (C=O) groups is 1. The molecule has 0 atom stereocenters. The Kier molecular flexibility index (Phi) is 5.28. The number of nitrogens with one attached hydrogen (secondary N) is 2. The van der Waals surface area contributed by atoms with Crippen molar-refractivity contribution in [2.24, 2.45) is 5.10 Å². The average Bonchev–Trinajstić information content (AvgIpc) is 3.19. The summed E-state index contributed by atoms with van der Waals surface area (Å²) in [6.45, 7) is 0. The second-order valence-electron chi connectivity index (χ2n) is 5.34. The first kappa shape index (κ1) is 17.2. The lowest BCUT2D eigenvalue weighted by Gasteiger charge is -2.06. The lowest BCUT2D eigenvalue weighted by molar-refractivity contribution is 0.0950. The highest BCUT2D eigenvalue weighted by molar-refractivity contribution is 5.94. The third-order valence-electron chi connectivity index (χ3n) is 3.70. The number of hydrogen-bond acceptors (Lipinski definition) is 5. The van der Waals surface area contributed by atoms with Gasteiger partial charge in [0.1, 0.15) is 17.2 Å². The lowest BCUT2D eigenvalue weighted by atomic mass is 10.1. The topological polar surface area (TPSA) is 88.6 Å². The minimum absolute atomic E-state index is 0.322. The van der Waals surface area contributed by atoms with E-state index in [1.807, 2.05) is 30.3 Å². The Labute approximate surface area is 150 Å². The Hall–Kier alpha value is -3.61. The Morgan fingerprint density at radius 2 is 1.92 bits per heavy atom. The first-order valence-corrected chi connectivity index (χ1v) is 7.87. The van der Waals surface area contributed by atoms with Crippen molar-refractivity contribution in [2.45, 2.75) is 0 Å². The van der Waals surface area contributed by atoms with Gasteiger partial charge >= 0.3 is 0 Å². The predicted molar refractivity (Wildman–Crippen MR) is 98.6 cm³/mol. The first-order valence-electron chi connectivity index (χ1n) is 7.87. The van der Waals surface area contributed by atoms with Crippen LogP contribution in [0.3, 0.4) is 0 Å². The SMILES string of the molecule is COc1ccc(C=NNC(=O)c2cc(-c3ccccc3)n[nH]2)c(OC)c1. The Morgan fingerprint density at radius 3 is 2.65 bits per heavy atom. The second-order valence-corrected chi connectivity index (χ2v) is 5.34. The number of rotatable bonds is 6. The van der Waals surface area contributed by atoms with Crippen LogP contribution in [0.4, 0.5) is 0 Å². The molecule has 0 aliphatic heterocycles. The molecular formula is C19H18N4O3. The Morgan fingerprint density at radius 1 is 1.12 bits per heavy atom. The van der Waals surface area contributed by atoms with Crippen LogP contribution in [0.5, 0.6) is 11.5 Å². The number of nitrogens with zero attached hydrogens (tertiary/aromatic N) is 2. The molecule has 0 radical (unpaired) electrons. The fourth-order valence-corrected chi connectivity index (χ4v) is 2.34. The van der Waals surface area contributed by atoms with Crippen LogP contribution in [0.25, 0.3) is 11.3 Å². The van der Waals surface area contributed by atoms with Crippen molar-refractivity contribution < 1.29 is 14.3 Å². The molecule has 7 heteroatoms. The molecule has 132 valence electrons. The molecule has 3 aromatic rings. The zero-order chi connectivity index (χ0) is 18.4. The van der Waals surface area contributed by atoms with Crippen molar-refractivity contribution in [1.29, 1.82) is 0 Å². The summed E-state index contributed by atoms with van der Waals surface area (Å²) in [6.07, 6.45) is 1.50. The van der Waals surface area contributed by atoms with Crippen LogP contribution in [-0.4, -0.2) is 36.5 Å². The van der Waals surface area contributed by atoms with Gasteiger partial charge in [-0.05, 0) is 18.2 Å². The summed E-state index contributed by atoms with van der Waals surface area (Å²) in [5, 5.41) is 10.8. The molecule has 3 rings (SSSR count). The predicted octanol–water partition coefficient (Wildman–Crippen LogP) is 2.86. The summed E-state index contributed by atoms with van der Waals surface area (Å²) in [6, 6.07) is 16.6. The van der Waals surface area contributed by atoms with Gasteiger partial charge in [0.15, 0.2) is 0 Å². The van der Waals surface area contributed by atoms with Gasteiger partial charge < -0.3 is 9.47 Å². The van der Waals surface area contributed by atoms with E-state index in [0.717, 1.165) is 5.56 Å². The number of amides is 1. The molecule has 0 unspecified atom stereocenters. The minimum atomic E-state index is -0.386. The highest BCUT2D eigenvalue weighted by atomic mass is 16.5. The molecule has 2 aromatic carbocycles. The Balaban J connectivity index is 1.68. The number of aromatic amines is 1. The highest BCUT2D eigenvalue weighted by Crippen LogP contribution is 2.23. The molecule has 0 saturated heterocycles. The van der Waals surface area contributed by atoms with Gasteiger partial charge in [0, 0.05) is 17.2 Å². The van der Waals surface area contributed by atoms with Crippen LogP contribution in [0.2, 0.25) is 0 Å². The third-order valence-corrected chi connectivity index (χ3v) is 3.70. The fraction of sp³-hybridized carbons (Fsp3) is 0.105. The van der Waals surface area contributed by atoms with Crippen molar-refractivity contribution in [1.82, 2.24) is 15.6 Å². The maximum absolute atomic E-state index is 12.2.